The Morgan fingerprint density at radius 2 is 2.05 bits per heavy atom. The topological polar surface area (TPSA) is 26.3 Å². The van der Waals surface area contributed by atoms with E-state index >= 15 is 0 Å². The third-order valence-electron chi connectivity index (χ3n) is 2.91. The Balaban J connectivity index is 0.00000324. The lowest BCUT2D eigenvalue weighted by Gasteiger charge is -2.23. The maximum Gasteiger partial charge on any atom is 0.305 e. The summed E-state index contributed by atoms with van der Waals surface area (Å²) in [5, 5.41) is 0.823. The summed E-state index contributed by atoms with van der Waals surface area (Å²) in [5.74, 6) is 1.26. The van der Waals surface area contributed by atoms with Crippen LogP contribution in [0.5, 0.6) is 0 Å². The molecule has 114 valence electrons. The van der Waals surface area contributed by atoms with Crippen molar-refractivity contribution < 1.29 is 31.0 Å². The fourth-order valence-electron chi connectivity index (χ4n) is 1.71. The number of likely N-dealkylation sites (N-methyl/N-ethyl adjacent to an activating group) is 1. The standard InChI is InChI=1S/C13H26NO2S2.BrH/c1-14(2,3)9-10-16-13(15)7-5-4-6-12-8-11-17-18-12;/h12H,4-11H2,1-3H3;1H/q+1;/p-1/t12-;/m1./s1. The maximum absolute atomic E-state index is 11.5. The summed E-state index contributed by atoms with van der Waals surface area (Å²) in [7, 11) is 10.3. The highest BCUT2D eigenvalue weighted by Crippen LogP contribution is 2.39. The predicted octanol–water partition coefficient (Wildman–Crippen LogP) is -0.0461. The lowest BCUT2D eigenvalue weighted by molar-refractivity contribution is -0.870. The van der Waals surface area contributed by atoms with Crippen LogP contribution < -0.4 is 17.0 Å². The van der Waals surface area contributed by atoms with Gasteiger partial charge in [0.05, 0.1) is 21.1 Å². The van der Waals surface area contributed by atoms with E-state index in [2.05, 4.69) is 21.1 Å². The molecule has 0 aliphatic carbocycles. The van der Waals surface area contributed by atoms with Gasteiger partial charge >= 0.3 is 5.97 Å². The summed E-state index contributed by atoms with van der Waals surface area (Å²) < 4.78 is 6.06. The summed E-state index contributed by atoms with van der Waals surface area (Å²) >= 11 is 0. The predicted molar refractivity (Wildman–Crippen MR) is 80.8 cm³/mol. The monoisotopic (exact) mass is 371 g/mol. The molecule has 0 amide bonds. The first-order valence-corrected chi connectivity index (χ1v) is 9.10. The van der Waals surface area contributed by atoms with Crippen molar-refractivity contribution in [3.05, 3.63) is 0 Å². The van der Waals surface area contributed by atoms with Crippen LogP contribution in [0.1, 0.15) is 32.1 Å². The minimum atomic E-state index is -0.0306. The van der Waals surface area contributed by atoms with Gasteiger partial charge in [-0.3, -0.25) is 4.79 Å². The van der Waals surface area contributed by atoms with Crippen LogP contribution in [-0.4, -0.2) is 55.7 Å². The molecule has 19 heavy (non-hydrogen) atoms. The number of carbonyl (C=O) groups is 1. The van der Waals surface area contributed by atoms with E-state index < -0.39 is 0 Å². The first-order chi connectivity index (χ1) is 8.47. The highest BCUT2D eigenvalue weighted by Gasteiger charge is 2.16. The first-order valence-electron chi connectivity index (χ1n) is 6.72. The smallest absolute Gasteiger partial charge is 0.305 e. The Bertz CT molecular complexity index is 254. The highest BCUT2D eigenvalue weighted by molar-refractivity contribution is 8.77. The molecule has 1 rings (SSSR count). The van der Waals surface area contributed by atoms with Crippen LogP contribution in [-0.2, 0) is 9.53 Å². The molecule has 6 heteroatoms. The number of carbonyl (C=O) groups excluding carboxylic acids is 1. The Hall–Kier alpha value is 0.610. The third kappa shape index (κ3) is 11.0. The average molecular weight is 372 g/mol. The van der Waals surface area contributed by atoms with Gasteiger partial charge in [0.1, 0.15) is 13.2 Å². The zero-order valence-corrected chi connectivity index (χ0v) is 15.4. The molecule has 0 aromatic rings. The lowest BCUT2D eigenvalue weighted by Crippen LogP contribution is -3.00. The fourth-order valence-corrected chi connectivity index (χ4v) is 4.74. The number of quaternary nitrogens is 1. The van der Waals surface area contributed by atoms with E-state index in [1.807, 2.05) is 21.6 Å². The summed E-state index contributed by atoms with van der Waals surface area (Å²) in [6.07, 6.45) is 5.31. The minimum Gasteiger partial charge on any atom is -1.00 e. The molecular weight excluding hydrogens is 346 g/mol. The minimum absolute atomic E-state index is 0. The van der Waals surface area contributed by atoms with Gasteiger partial charge in [0.15, 0.2) is 0 Å². The van der Waals surface area contributed by atoms with Crippen molar-refractivity contribution in [1.82, 2.24) is 0 Å². The van der Waals surface area contributed by atoms with Crippen LogP contribution in [0.3, 0.4) is 0 Å². The summed E-state index contributed by atoms with van der Waals surface area (Å²) in [6.45, 7) is 1.42. The number of ether oxygens (including phenoxy) is 1. The van der Waals surface area contributed by atoms with Gasteiger partial charge in [-0.15, -0.1) is 0 Å². The molecule has 0 aromatic heterocycles. The van der Waals surface area contributed by atoms with Gasteiger partial charge in [0, 0.05) is 17.4 Å². The van der Waals surface area contributed by atoms with Crippen LogP contribution in [0.15, 0.2) is 0 Å². The Labute approximate surface area is 136 Å². The van der Waals surface area contributed by atoms with Gasteiger partial charge < -0.3 is 26.2 Å². The number of esters is 1. The van der Waals surface area contributed by atoms with Crippen molar-refractivity contribution in [2.75, 3.05) is 40.0 Å². The number of hydrogen-bond donors (Lipinski definition) is 0. The molecule has 0 bridgehead atoms. The van der Waals surface area contributed by atoms with Crippen molar-refractivity contribution in [3.8, 4) is 0 Å². The van der Waals surface area contributed by atoms with Crippen LogP contribution in [0, 0.1) is 0 Å². The molecule has 0 saturated carbocycles. The van der Waals surface area contributed by atoms with Gasteiger partial charge in [-0.05, 0) is 19.3 Å². The van der Waals surface area contributed by atoms with Crippen molar-refractivity contribution in [2.24, 2.45) is 0 Å². The summed E-state index contributed by atoms with van der Waals surface area (Å²) in [6, 6.07) is 0. The molecule has 1 atom stereocenters. The van der Waals surface area contributed by atoms with E-state index in [0.717, 1.165) is 29.1 Å². The number of halogens is 1. The second-order valence-corrected chi connectivity index (χ2v) is 8.60. The van der Waals surface area contributed by atoms with E-state index in [4.69, 9.17) is 4.74 Å². The number of rotatable bonds is 8. The first kappa shape index (κ1) is 19.6. The van der Waals surface area contributed by atoms with Crippen LogP contribution >= 0.6 is 21.6 Å². The normalized spacial score (nSPS) is 19.0. The zero-order valence-electron chi connectivity index (χ0n) is 12.2. The largest absolute Gasteiger partial charge is 1.00 e. The average Bonchev–Trinajstić information content (AvgIpc) is 2.75. The van der Waals surface area contributed by atoms with Gasteiger partial charge in [-0.25, -0.2) is 0 Å². The maximum atomic E-state index is 11.5. The molecule has 1 aliphatic heterocycles. The molecule has 0 aromatic carbocycles. The van der Waals surface area contributed by atoms with E-state index in [-0.39, 0.29) is 23.0 Å². The van der Waals surface area contributed by atoms with Crippen molar-refractivity contribution in [2.45, 2.75) is 37.4 Å². The molecule has 3 nitrogen and oxygen atoms in total. The number of hydrogen-bond acceptors (Lipinski definition) is 4. The van der Waals surface area contributed by atoms with Crippen molar-refractivity contribution in [3.63, 3.8) is 0 Å². The molecule has 1 aliphatic rings. The SMILES string of the molecule is C[N+](C)(C)CCOC(=O)CCCC[C@@H]1CCSS1.[Br-]. The second kappa shape index (κ2) is 10.4. The van der Waals surface area contributed by atoms with Crippen molar-refractivity contribution >= 4 is 27.6 Å². The van der Waals surface area contributed by atoms with Crippen LogP contribution in [0.25, 0.3) is 0 Å². The van der Waals surface area contributed by atoms with Gasteiger partial charge in [-0.2, -0.15) is 0 Å². The van der Waals surface area contributed by atoms with E-state index in [1.54, 1.807) is 0 Å². The highest BCUT2D eigenvalue weighted by atomic mass is 79.9. The van der Waals surface area contributed by atoms with E-state index in [0.29, 0.717) is 13.0 Å². The summed E-state index contributed by atoms with van der Waals surface area (Å²) in [5.41, 5.74) is 0. The fraction of sp³-hybridized carbons (Fsp3) is 0.923. The summed E-state index contributed by atoms with van der Waals surface area (Å²) in [4.78, 5) is 11.5. The molecule has 0 N–H and O–H groups in total. The van der Waals surface area contributed by atoms with Crippen molar-refractivity contribution in [1.29, 1.82) is 0 Å². The van der Waals surface area contributed by atoms with E-state index in [1.165, 1.54) is 18.6 Å². The van der Waals surface area contributed by atoms with E-state index in [9.17, 15) is 4.79 Å². The second-order valence-electron chi connectivity index (χ2n) is 5.81. The lowest BCUT2D eigenvalue weighted by atomic mass is 10.1. The molecule has 0 spiro atoms. The molecule has 1 heterocycles. The quantitative estimate of drug-likeness (QED) is 0.258. The third-order valence-corrected chi connectivity index (χ3v) is 5.92. The van der Waals surface area contributed by atoms with Gasteiger partial charge in [-0.1, -0.05) is 28.0 Å². The Morgan fingerprint density at radius 3 is 2.63 bits per heavy atom. The Morgan fingerprint density at radius 1 is 1.32 bits per heavy atom. The molecule has 0 radical (unpaired) electrons. The molecular formula is C13H26BrNO2S2. The van der Waals surface area contributed by atoms with Gasteiger partial charge in [0.25, 0.3) is 0 Å². The van der Waals surface area contributed by atoms with Gasteiger partial charge in [0.2, 0.25) is 0 Å². The molecule has 1 fully saturated rings. The number of unbranched alkanes of at least 4 members (excludes halogenated alkanes) is 1. The van der Waals surface area contributed by atoms with Crippen LogP contribution in [0.4, 0.5) is 0 Å². The molecule has 1 saturated heterocycles. The Kier molecular flexibility index (Phi) is 10.7. The number of nitrogens with zero attached hydrogens (tertiary/aromatic N) is 1. The van der Waals surface area contributed by atoms with Crippen LogP contribution in [0.2, 0.25) is 0 Å². The zero-order chi connectivity index (χ0) is 13.4. The molecule has 0 unspecified atom stereocenters.